The van der Waals surface area contributed by atoms with E-state index in [0.29, 0.717) is 16.2 Å². The van der Waals surface area contributed by atoms with Crippen molar-refractivity contribution in [3.8, 4) is 0 Å². The Kier molecular flexibility index (Phi) is 17.8. The van der Waals surface area contributed by atoms with Gasteiger partial charge >= 0.3 is 0 Å². The van der Waals surface area contributed by atoms with E-state index < -0.39 is 0 Å². The van der Waals surface area contributed by atoms with Crippen molar-refractivity contribution in [3.05, 3.63) is 0 Å². The predicted octanol–water partition coefficient (Wildman–Crippen LogP) is 8.37. The molecule has 146 valence electrons. The van der Waals surface area contributed by atoms with Crippen LogP contribution < -0.4 is 0 Å². The van der Waals surface area contributed by atoms with Gasteiger partial charge in [0.2, 0.25) is 0 Å². The van der Waals surface area contributed by atoms with Crippen LogP contribution in [0.2, 0.25) is 0 Å². The monoisotopic (exact) mass is 332 g/mol. The zero-order valence-corrected chi connectivity index (χ0v) is 19.8. The lowest BCUT2D eigenvalue weighted by atomic mass is 9.94. The number of rotatable bonds is 1. The summed E-state index contributed by atoms with van der Waals surface area (Å²) in [4.78, 5) is 0. The minimum atomic E-state index is 0.0503. The molecule has 0 spiro atoms. The molecule has 0 fully saturated rings. The molecule has 0 aliphatic rings. The normalized spacial score (nSPS) is 12.0. The molecule has 1 heteroatoms. The van der Waals surface area contributed by atoms with Gasteiger partial charge in [0.15, 0.2) is 0 Å². The summed E-state index contributed by atoms with van der Waals surface area (Å²) in [6.07, 6.45) is 1.27. The summed E-state index contributed by atoms with van der Waals surface area (Å²) in [5, 5.41) is 0. The lowest BCUT2D eigenvalue weighted by Gasteiger charge is -2.17. The van der Waals surface area contributed by atoms with E-state index in [1.165, 1.54) is 6.42 Å². The molecule has 0 radical (unpaired) electrons. The zero-order valence-electron chi connectivity index (χ0n) is 19.8. The van der Waals surface area contributed by atoms with Crippen LogP contribution in [-0.4, -0.2) is 12.2 Å². The number of hydrogen-bond donors (Lipinski definition) is 0. The van der Waals surface area contributed by atoms with E-state index in [1.807, 2.05) is 6.92 Å². The summed E-state index contributed by atoms with van der Waals surface area (Å²) in [6.45, 7) is 35.4. The fourth-order valence-corrected chi connectivity index (χ4v) is 0.433. The van der Waals surface area contributed by atoms with Crippen LogP contribution in [0.1, 0.15) is 117 Å². The molecule has 0 aliphatic carbocycles. The van der Waals surface area contributed by atoms with Crippen LogP contribution in [0.15, 0.2) is 0 Å². The van der Waals surface area contributed by atoms with Crippen molar-refractivity contribution < 1.29 is 4.74 Å². The molecule has 0 aliphatic heterocycles. The van der Waals surface area contributed by atoms with Crippen LogP contribution in [-0.2, 0) is 4.74 Å². The molecule has 0 rings (SSSR count). The Morgan fingerprint density at radius 2 is 0.696 bits per heavy atom. The molecular weight excluding hydrogens is 280 g/mol. The Morgan fingerprint density at radius 3 is 0.696 bits per heavy atom. The maximum absolute atomic E-state index is 5.23. The first-order valence-electron chi connectivity index (χ1n) is 9.26. The molecule has 0 saturated heterocycles. The van der Waals surface area contributed by atoms with Crippen LogP contribution in [0.5, 0.6) is 0 Å². The first kappa shape index (κ1) is 30.8. The fraction of sp³-hybridized carbons (Fsp3) is 1.00. The van der Waals surface area contributed by atoms with E-state index >= 15 is 0 Å². The number of ether oxygens (including phenoxy) is 1. The average Bonchev–Trinajstić information content (AvgIpc) is 2.09. The minimum Gasteiger partial charge on any atom is -0.376 e. The third kappa shape index (κ3) is 181. The van der Waals surface area contributed by atoms with E-state index in [1.54, 1.807) is 0 Å². The van der Waals surface area contributed by atoms with Gasteiger partial charge in [0.25, 0.3) is 0 Å². The van der Waals surface area contributed by atoms with Gasteiger partial charge < -0.3 is 4.74 Å². The zero-order chi connectivity index (χ0) is 20.1. The first-order chi connectivity index (χ1) is 9.62. The molecule has 0 heterocycles. The van der Waals surface area contributed by atoms with Gasteiger partial charge in [-0.3, -0.25) is 0 Å². The van der Waals surface area contributed by atoms with Crippen LogP contribution in [0.25, 0.3) is 0 Å². The summed E-state index contributed by atoms with van der Waals surface area (Å²) < 4.78 is 5.23. The molecule has 0 aromatic carbocycles. The van der Waals surface area contributed by atoms with Crippen molar-refractivity contribution in [1.29, 1.82) is 0 Å². The Labute approximate surface area is 151 Å². The topological polar surface area (TPSA) is 9.23 Å². The second-order valence-electron chi connectivity index (χ2n) is 11.5. The maximum Gasteiger partial charge on any atom is 0.0598 e. The standard InChI is InChI=1S/C6H14O.C6H14.2C5H12/c1-5-7-6(2,3)4;1-5-6(2,3)4;2*1-5(2,3)4/h5H2,1-4H3;5H2,1-4H3;2*1-4H3. The molecule has 0 amide bonds. The highest BCUT2D eigenvalue weighted by molar-refractivity contribution is 4.56. The number of hydrogen-bond acceptors (Lipinski definition) is 1. The van der Waals surface area contributed by atoms with Gasteiger partial charge in [0.05, 0.1) is 5.60 Å². The quantitative estimate of drug-likeness (QED) is 0.468. The van der Waals surface area contributed by atoms with Crippen molar-refractivity contribution >= 4 is 0 Å². The van der Waals surface area contributed by atoms with Crippen LogP contribution in [0.4, 0.5) is 0 Å². The van der Waals surface area contributed by atoms with E-state index in [2.05, 4.69) is 104 Å². The third-order valence-electron chi connectivity index (χ3n) is 1.64. The Balaban J connectivity index is -0.000000106. The average molecular weight is 333 g/mol. The fourth-order valence-electron chi connectivity index (χ4n) is 0.433. The first-order valence-corrected chi connectivity index (χ1v) is 9.26. The molecule has 1 nitrogen and oxygen atoms in total. The lowest BCUT2D eigenvalue weighted by Crippen LogP contribution is -2.18. The van der Waals surface area contributed by atoms with Gasteiger partial charge in [-0.15, -0.1) is 0 Å². The molecular formula is C22H52O. The molecule has 0 bridgehead atoms. The predicted molar refractivity (Wildman–Crippen MR) is 111 cm³/mol. The minimum absolute atomic E-state index is 0.0503. The van der Waals surface area contributed by atoms with Gasteiger partial charge in [-0.05, 0) is 43.9 Å². The van der Waals surface area contributed by atoms with Gasteiger partial charge in [-0.2, -0.15) is 0 Å². The van der Waals surface area contributed by atoms with Gasteiger partial charge in [-0.1, -0.05) is 89.5 Å². The second-order valence-corrected chi connectivity index (χ2v) is 11.5. The highest BCUT2D eigenvalue weighted by Crippen LogP contribution is 2.16. The smallest absolute Gasteiger partial charge is 0.0598 e. The van der Waals surface area contributed by atoms with Gasteiger partial charge in [-0.25, -0.2) is 0 Å². The molecule has 23 heavy (non-hydrogen) atoms. The van der Waals surface area contributed by atoms with Crippen LogP contribution in [0, 0.1) is 16.2 Å². The molecule has 0 N–H and O–H groups in total. The summed E-state index contributed by atoms with van der Waals surface area (Å²) in [5.41, 5.74) is 1.59. The molecule has 0 aromatic rings. The molecule has 0 saturated carbocycles. The Hall–Kier alpha value is -0.0400. The summed E-state index contributed by atoms with van der Waals surface area (Å²) in [5.74, 6) is 0. The highest BCUT2D eigenvalue weighted by atomic mass is 16.5. The van der Waals surface area contributed by atoms with E-state index in [0.717, 1.165) is 6.61 Å². The highest BCUT2D eigenvalue weighted by Gasteiger charge is 2.06. The molecule has 0 aromatic heterocycles. The van der Waals surface area contributed by atoms with Crippen LogP contribution >= 0.6 is 0 Å². The van der Waals surface area contributed by atoms with Crippen molar-refractivity contribution in [1.82, 2.24) is 0 Å². The Bertz CT molecular complexity index is 201. The summed E-state index contributed by atoms with van der Waals surface area (Å²) in [7, 11) is 0. The van der Waals surface area contributed by atoms with Crippen molar-refractivity contribution in [2.24, 2.45) is 16.2 Å². The lowest BCUT2D eigenvalue weighted by molar-refractivity contribution is 0.00531. The van der Waals surface area contributed by atoms with E-state index in [4.69, 9.17) is 4.74 Å². The van der Waals surface area contributed by atoms with Gasteiger partial charge in [0, 0.05) is 6.61 Å². The largest absolute Gasteiger partial charge is 0.376 e. The SMILES string of the molecule is CC(C)(C)C.CC(C)(C)C.CCC(C)(C)C.CCOC(C)(C)C. The molecule has 0 atom stereocenters. The van der Waals surface area contributed by atoms with Crippen molar-refractivity contribution in [3.63, 3.8) is 0 Å². The van der Waals surface area contributed by atoms with Crippen LogP contribution in [0.3, 0.4) is 0 Å². The van der Waals surface area contributed by atoms with E-state index in [-0.39, 0.29) is 5.60 Å². The molecule has 0 unspecified atom stereocenters. The van der Waals surface area contributed by atoms with Crippen molar-refractivity contribution in [2.45, 2.75) is 123 Å². The maximum atomic E-state index is 5.23. The van der Waals surface area contributed by atoms with Gasteiger partial charge in [0.1, 0.15) is 0 Å². The second kappa shape index (κ2) is 13.3. The Morgan fingerprint density at radius 1 is 0.522 bits per heavy atom. The summed E-state index contributed by atoms with van der Waals surface area (Å²) >= 11 is 0. The third-order valence-corrected chi connectivity index (χ3v) is 1.64. The van der Waals surface area contributed by atoms with E-state index in [9.17, 15) is 0 Å². The van der Waals surface area contributed by atoms with Crippen molar-refractivity contribution in [2.75, 3.05) is 6.61 Å². The summed E-state index contributed by atoms with van der Waals surface area (Å²) in [6, 6.07) is 0.